The largest absolute Gasteiger partial charge is 0.494 e. The van der Waals surface area contributed by atoms with Crippen LogP contribution in [0.4, 0.5) is 5.69 Å². The number of esters is 1. The molecule has 1 amide bonds. The maximum Gasteiger partial charge on any atom is 0.343 e. The molecule has 0 aliphatic rings. The molecule has 11 heteroatoms. The lowest BCUT2D eigenvalue weighted by atomic mass is 10.2. The van der Waals surface area contributed by atoms with Gasteiger partial charge in [-0.2, -0.15) is 5.10 Å². The topological polar surface area (TPSA) is 123 Å². The van der Waals surface area contributed by atoms with E-state index in [0.717, 1.165) is 12.8 Å². The number of ether oxygens (including phenoxy) is 2. The Hall–Kier alpha value is -4.67. The van der Waals surface area contributed by atoms with Gasteiger partial charge in [-0.25, -0.2) is 18.6 Å². The molecule has 0 saturated carbocycles. The summed E-state index contributed by atoms with van der Waals surface area (Å²) in [5, 5.41) is 4.36. The van der Waals surface area contributed by atoms with Crippen molar-refractivity contribution in [2.45, 2.75) is 24.7 Å². The Morgan fingerprint density at radius 3 is 2.24 bits per heavy atom. The van der Waals surface area contributed by atoms with Crippen LogP contribution in [0.2, 0.25) is 5.02 Å². The van der Waals surface area contributed by atoms with Crippen LogP contribution in [0, 0.1) is 0 Å². The van der Waals surface area contributed by atoms with Gasteiger partial charge >= 0.3 is 5.97 Å². The van der Waals surface area contributed by atoms with Crippen molar-refractivity contribution in [3.63, 3.8) is 0 Å². The van der Waals surface area contributed by atoms with Gasteiger partial charge in [0.05, 0.1) is 34.5 Å². The van der Waals surface area contributed by atoms with E-state index in [-0.39, 0.29) is 16.1 Å². The normalized spacial score (nSPS) is 11.2. The Morgan fingerprint density at radius 2 is 1.55 bits per heavy atom. The molecule has 2 N–H and O–H groups in total. The van der Waals surface area contributed by atoms with Crippen LogP contribution in [0.3, 0.4) is 0 Å². The molecule has 0 aliphatic heterocycles. The van der Waals surface area contributed by atoms with E-state index < -0.39 is 21.9 Å². The van der Waals surface area contributed by atoms with Crippen LogP contribution in [0.5, 0.6) is 11.5 Å². The highest BCUT2D eigenvalue weighted by molar-refractivity contribution is 7.92. The summed E-state index contributed by atoms with van der Waals surface area (Å²) in [6.45, 7) is 2.71. The maximum atomic E-state index is 12.8. The Labute approximate surface area is 249 Å². The first-order valence-corrected chi connectivity index (χ1v) is 14.9. The van der Waals surface area contributed by atoms with Gasteiger partial charge in [-0.3, -0.25) is 9.52 Å². The van der Waals surface area contributed by atoms with E-state index in [4.69, 9.17) is 21.1 Å². The van der Waals surface area contributed by atoms with Crippen molar-refractivity contribution < 1.29 is 27.5 Å². The number of nitrogens with one attached hydrogen (secondary N) is 2. The number of halogens is 1. The number of benzene rings is 4. The Morgan fingerprint density at radius 1 is 0.881 bits per heavy atom. The second-order valence-corrected chi connectivity index (χ2v) is 11.1. The number of carbonyl (C=O) groups excluding carboxylic acids is 2. The summed E-state index contributed by atoms with van der Waals surface area (Å²) in [5.74, 6) is -0.0908. The Kier molecular flexibility index (Phi) is 10.3. The van der Waals surface area contributed by atoms with E-state index in [0.29, 0.717) is 34.3 Å². The zero-order valence-corrected chi connectivity index (χ0v) is 24.2. The maximum absolute atomic E-state index is 12.8. The van der Waals surface area contributed by atoms with Gasteiger partial charge in [-0.1, -0.05) is 37.1 Å². The molecule has 4 aromatic rings. The van der Waals surface area contributed by atoms with Crippen molar-refractivity contribution in [2.24, 2.45) is 5.10 Å². The molecule has 0 aliphatic carbocycles. The fourth-order valence-electron chi connectivity index (χ4n) is 3.62. The van der Waals surface area contributed by atoms with Crippen LogP contribution in [-0.4, -0.2) is 33.1 Å². The summed E-state index contributed by atoms with van der Waals surface area (Å²) in [4.78, 5) is 25.3. The van der Waals surface area contributed by atoms with Gasteiger partial charge in [0.2, 0.25) is 0 Å². The predicted octanol–water partition coefficient (Wildman–Crippen LogP) is 6.30. The fraction of sp³-hybridized carbons (Fsp3) is 0.129. The molecule has 0 fully saturated rings. The lowest BCUT2D eigenvalue weighted by Crippen LogP contribution is -2.21. The molecule has 0 atom stereocenters. The third kappa shape index (κ3) is 8.42. The molecule has 9 nitrogen and oxygen atoms in total. The molecule has 4 rings (SSSR count). The summed E-state index contributed by atoms with van der Waals surface area (Å²) in [6.07, 6.45) is 3.40. The highest BCUT2D eigenvalue weighted by atomic mass is 35.5. The first-order valence-electron chi connectivity index (χ1n) is 13.0. The van der Waals surface area contributed by atoms with Crippen LogP contribution in [0.25, 0.3) is 0 Å². The van der Waals surface area contributed by atoms with Crippen LogP contribution in [0.1, 0.15) is 46.0 Å². The zero-order chi connectivity index (χ0) is 30.0. The quantitative estimate of drug-likeness (QED) is 0.0642. The van der Waals surface area contributed by atoms with Crippen LogP contribution in [-0.2, 0) is 10.0 Å². The van der Waals surface area contributed by atoms with Crippen LogP contribution in [0.15, 0.2) is 107 Å². The van der Waals surface area contributed by atoms with E-state index >= 15 is 0 Å². The molecule has 0 spiro atoms. The van der Waals surface area contributed by atoms with Crippen molar-refractivity contribution in [1.29, 1.82) is 0 Å². The molecule has 0 aromatic heterocycles. The minimum Gasteiger partial charge on any atom is -0.494 e. The fourth-order valence-corrected chi connectivity index (χ4v) is 4.83. The van der Waals surface area contributed by atoms with Crippen molar-refractivity contribution in [3.05, 3.63) is 119 Å². The Bertz CT molecular complexity index is 1660. The lowest BCUT2D eigenvalue weighted by molar-refractivity contribution is 0.0734. The number of anilines is 1. The number of nitrogens with zero attached hydrogens (tertiary/aromatic N) is 1. The van der Waals surface area contributed by atoms with Crippen molar-refractivity contribution in [3.8, 4) is 11.5 Å². The van der Waals surface area contributed by atoms with E-state index in [1.807, 2.05) is 0 Å². The van der Waals surface area contributed by atoms with Gasteiger partial charge in [0.15, 0.2) is 0 Å². The van der Waals surface area contributed by atoms with E-state index in [1.54, 1.807) is 60.7 Å². The minimum absolute atomic E-state index is 0.000399. The van der Waals surface area contributed by atoms with Gasteiger partial charge in [-0.15, -0.1) is 0 Å². The first kappa shape index (κ1) is 30.3. The number of unbranched alkanes of at least 4 members (excludes halogenated alkanes) is 1. The third-order valence-corrected chi connectivity index (χ3v) is 7.50. The summed E-state index contributed by atoms with van der Waals surface area (Å²) >= 11 is 5.85. The van der Waals surface area contributed by atoms with Crippen molar-refractivity contribution in [1.82, 2.24) is 5.43 Å². The van der Waals surface area contributed by atoms with Gasteiger partial charge in [0.25, 0.3) is 15.9 Å². The molecule has 0 heterocycles. The predicted molar refractivity (Wildman–Crippen MR) is 162 cm³/mol. The number of amides is 1. The SMILES string of the molecule is CCCCOc1ccc(C(=O)Oc2ccc(C=NNC(=O)c3ccccc3NS(=O)(=O)c3ccc(Cl)cc3)cc2)cc1. The molecular weight excluding hydrogens is 578 g/mol. The van der Waals surface area contributed by atoms with Crippen LogP contribution >= 0.6 is 11.6 Å². The van der Waals surface area contributed by atoms with E-state index in [1.165, 1.54) is 42.6 Å². The number of rotatable bonds is 12. The van der Waals surface area contributed by atoms with E-state index in [9.17, 15) is 18.0 Å². The highest BCUT2D eigenvalue weighted by Crippen LogP contribution is 2.22. The second-order valence-electron chi connectivity index (χ2n) is 8.99. The van der Waals surface area contributed by atoms with Crippen LogP contribution < -0.4 is 19.6 Å². The smallest absolute Gasteiger partial charge is 0.343 e. The van der Waals surface area contributed by atoms with Crippen molar-refractivity contribution in [2.75, 3.05) is 11.3 Å². The second kappa shape index (κ2) is 14.3. The average molecular weight is 606 g/mol. The number of sulfonamides is 1. The average Bonchev–Trinajstić information content (AvgIpc) is 2.99. The standard InChI is InChI=1S/C31H28ClN3O6S/c1-2-3-20-40-25-16-10-23(11-17-25)31(37)41-26-14-8-22(9-15-26)21-33-34-30(36)28-6-4-5-7-29(28)35-42(38,39)27-18-12-24(32)13-19-27/h4-19,21,35H,2-3,20H2,1H3,(H,34,36). The molecule has 0 unspecified atom stereocenters. The summed E-state index contributed by atoms with van der Waals surface area (Å²) in [7, 11) is -3.96. The lowest BCUT2D eigenvalue weighted by Gasteiger charge is -2.11. The molecular formula is C31H28ClN3O6S. The van der Waals surface area contributed by atoms with Gasteiger partial charge in [-0.05, 0) is 96.9 Å². The zero-order valence-electron chi connectivity index (χ0n) is 22.6. The molecule has 0 saturated heterocycles. The number of carbonyl (C=O) groups is 2. The Balaban J connectivity index is 1.33. The third-order valence-electron chi connectivity index (χ3n) is 5.87. The van der Waals surface area contributed by atoms with Gasteiger partial charge < -0.3 is 9.47 Å². The molecule has 4 aromatic carbocycles. The summed E-state index contributed by atoms with van der Waals surface area (Å²) in [5.41, 5.74) is 3.57. The van der Waals surface area contributed by atoms with Gasteiger partial charge in [0, 0.05) is 5.02 Å². The first-order chi connectivity index (χ1) is 20.2. The number of para-hydroxylation sites is 1. The molecule has 216 valence electrons. The van der Waals surface area contributed by atoms with Gasteiger partial charge in [0.1, 0.15) is 11.5 Å². The number of hydrazone groups is 1. The highest BCUT2D eigenvalue weighted by Gasteiger charge is 2.18. The molecule has 0 radical (unpaired) electrons. The molecule has 0 bridgehead atoms. The number of hydrogen-bond donors (Lipinski definition) is 2. The summed E-state index contributed by atoms with van der Waals surface area (Å²) in [6, 6.07) is 25.1. The van der Waals surface area contributed by atoms with E-state index in [2.05, 4.69) is 22.2 Å². The summed E-state index contributed by atoms with van der Waals surface area (Å²) < 4.78 is 39.0. The monoisotopic (exact) mass is 605 g/mol. The van der Waals surface area contributed by atoms with Crippen molar-refractivity contribution >= 4 is 45.4 Å². The molecule has 42 heavy (non-hydrogen) atoms. The minimum atomic E-state index is -3.96. The number of hydrogen-bond acceptors (Lipinski definition) is 7.